The molecule has 1 aromatic heterocycles. The lowest BCUT2D eigenvalue weighted by Gasteiger charge is -2.19. The Balaban J connectivity index is 1.70. The summed E-state index contributed by atoms with van der Waals surface area (Å²) in [6, 6.07) is 16.4. The van der Waals surface area contributed by atoms with Gasteiger partial charge in [0.1, 0.15) is 18.2 Å². The highest BCUT2D eigenvalue weighted by Crippen LogP contribution is 2.27. The van der Waals surface area contributed by atoms with Gasteiger partial charge in [0.2, 0.25) is 0 Å². The van der Waals surface area contributed by atoms with Gasteiger partial charge in [-0.3, -0.25) is 4.79 Å². The fourth-order valence-corrected chi connectivity index (χ4v) is 2.65. The van der Waals surface area contributed by atoms with Crippen molar-refractivity contribution in [2.45, 2.75) is 13.5 Å². The van der Waals surface area contributed by atoms with Crippen LogP contribution in [0.15, 0.2) is 65.1 Å². The van der Waals surface area contributed by atoms with Crippen molar-refractivity contribution < 1.29 is 23.1 Å². The fraction of sp³-hybridized carbons (Fsp3) is 0.190. The van der Waals surface area contributed by atoms with E-state index in [0.29, 0.717) is 29.5 Å². The van der Waals surface area contributed by atoms with Gasteiger partial charge in [0, 0.05) is 12.2 Å². The molecule has 1 amide bonds. The summed E-state index contributed by atoms with van der Waals surface area (Å²) in [4.78, 5) is 14.2. The topological polar surface area (TPSA) is 51.9 Å². The van der Waals surface area contributed by atoms with Crippen molar-refractivity contribution in [1.29, 1.82) is 0 Å². The van der Waals surface area contributed by atoms with E-state index in [1.54, 1.807) is 43.5 Å². The number of furan rings is 1. The molecule has 1 heterocycles. The Morgan fingerprint density at radius 3 is 2.41 bits per heavy atom. The second kappa shape index (κ2) is 8.40. The second-order valence-corrected chi connectivity index (χ2v) is 5.73. The Hall–Kier alpha value is -3.28. The van der Waals surface area contributed by atoms with Crippen molar-refractivity contribution in [2.24, 2.45) is 0 Å². The highest BCUT2D eigenvalue weighted by molar-refractivity contribution is 6.04. The van der Waals surface area contributed by atoms with Crippen molar-refractivity contribution in [3.8, 4) is 11.5 Å². The molecule has 0 saturated heterocycles. The fourth-order valence-electron chi connectivity index (χ4n) is 2.65. The van der Waals surface area contributed by atoms with E-state index in [1.807, 2.05) is 19.1 Å². The number of anilines is 1. The first-order chi connectivity index (χ1) is 13.1. The molecular formula is C21H20FNO4. The molecule has 0 aliphatic carbocycles. The molecule has 140 valence electrons. The van der Waals surface area contributed by atoms with E-state index in [2.05, 4.69) is 0 Å². The van der Waals surface area contributed by atoms with Gasteiger partial charge >= 0.3 is 0 Å². The third kappa shape index (κ3) is 4.28. The molecule has 3 rings (SSSR count). The summed E-state index contributed by atoms with van der Waals surface area (Å²) in [5.74, 6) is 1.27. The standard InChI is InChI=1S/C21H20FNO4/c1-3-23(16-10-8-15(22)9-11-16)21(24)20-13-12-17(27-20)14-26-19-7-5-4-6-18(19)25-2/h4-13H,3,14H2,1-2H3. The van der Waals surface area contributed by atoms with Crippen molar-refractivity contribution in [2.75, 3.05) is 18.6 Å². The summed E-state index contributed by atoms with van der Waals surface area (Å²) >= 11 is 0. The molecule has 0 bridgehead atoms. The minimum atomic E-state index is -0.351. The van der Waals surface area contributed by atoms with Crippen LogP contribution in [-0.2, 0) is 6.61 Å². The van der Waals surface area contributed by atoms with Gasteiger partial charge in [0.15, 0.2) is 17.3 Å². The predicted octanol–water partition coefficient (Wildman–Crippen LogP) is 4.67. The Kier molecular flexibility index (Phi) is 5.76. The van der Waals surface area contributed by atoms with E-state index in [4.69, 9.17) is 13.9 Å². The van der Waals surface area contributed by atoms with Crippen LogP contribution in [0, 0.1) is 5.82 Å². The number of amides is 1. The number of ether oxygens (including phenoxy) is 2. The molecule has 0 radical (unpaired) electrons. The Morgan fingerprint density at radius 2 is 1.74 bits per heavy atom. The Bertz CT molecular complexity index is 905. The summed E-state index contributed by atoms with van der Waals surface area (Å²) in [5.41, 5.74) is 0.604. The van der Waals surface area contributed by atoms with E-state index < -0.39 is 0 Å². The number of methoxy groups -OCH3 is 1. The van der Waals surface area contributed by atoms with E-state index in [0.717, 1.165) is 0 Å². The van der Waals surface area contributed by atoms with Gasteiger partial charge in [-0.1, -0.05) is 12.1 Å². The average molecular weight is 369 g/mol. The van der Waals surface area contributed by atoms with Crippen LogP contribution in [0.1, 0.15) is 23.2 Å². The van der Waals surface area contributed by atoms with Gasteiger partial charge in [0.25, 0.3) is 5.91 Å². The molecule has 0 aliphatic heterocycles. The summed E-state index contributed by atoms with van der Waals surface area (Å²) in [5, 5.41) is 0. The summed E-state index contributed by atoms with van der Waals surface area (Å²) < 4.78 is 29.7. The van der Waals surface area contributed by atoms with Crippen LogP contribution in [0.4, 0.5) is 10.1 Å². The van der Waals surface area contributed by atoms with Gasteiger partial charge in [-0.2, -0.15) is 0 Å². The molecule has 0 saturated carbocycles. The molecular weight excluding hydrogens is 349 g/mol. The van der Waals surface area contributed by atoms with Crippen molar-refractivity contribution >= 4 is 11.6 Å². The highest BCUT2D eigenvalue weighted by Gasteiger charge is 2.20. The Morgan fingerprint density at radius 1 is 1.04 bits per heavy atom. The second-order valence-electron chi connectivity index (χ2n) is 5.73. The van der Waals surface area contributed by atoms with Crippen LogP contribution in [0.2, 0.25) is 0 Å². The molecule has 0 atom stereocenters. The number of halogens is 1. The molecule has 0 spiro atoms. The first-order valence-electron chi connectivity index (χ1n) is 8.54. The van der Waals surface area contributed by atoms with E-state index >= 15 is 0 Å². The van der Waals surface area contributed by atoms with Crippen LogP contribution in [-0.4, -0.2) is 19.6 Å². The number of nitrogens with zero attached hydrogens (tertiary/aromatic N) is 1. The number of carbonyl (C=O) groups is 1. The van der Waals surface area contributed by atoms with Crippen LogP contribution in [0.3, 0.4) is 0 Å². The number of carbonyl (C=O) groups excluding carboxylic acids is 1. The maximum atomic E-state index is 13.1. The number of para-hydroxylation sites is 2. The van der Waals surface area contributed by atoms with Crippen molar-refractivity contribution in [3.63, 3.8) is 0 Å². The lowest BCUT2D eigenvalue weighted by Crippen LogP contribution is -2.30. The number of benzene rings is 2. The number of hydrogen-bond donors (Lipinski definition) is 0. The smallest absolute Gasteiger partial charge is 0.293 e. The first-order valence-corrected chi connectivity index (χ1v) is 8.54. The zero-order chi connectivity index (χ0) is 19.2. The van der Waals surface area contributed by atoms with Crippen LogP contribution in [0.5, 0.6) is 11.5 Å². The van der Waals surface area contributed by atoms with E-state index in [-0.39, 0.29) is 24.1 Å². The minimum Gasteiger partial charge on any atom is -0.493 e. The van der Waals surface area contributed by atoms with Gasteiger partial charge in [-0.05, 0) is 55.5 Å². The van der Waals surface area contributed by atoms with Crippen molar-refractivity contribution in [1.82, 2.24) is 0 Å². The molecule has 0 unspecified atom stereocenters. The minimum absolute atomic E-state index is 0.163. The van der Waals surface area contributed by atoms with Crippen LogP contribution >= 0.6 is 0 Å². The average Bonchev–Trinajstić information content (AvgIpc) is 3.17. The summed E-state index contributed by atoms with van der Waals surface area (Å²) in [6.45, 7) is 2.43. The van der Waals surface area contributed by atoms with Gasteiger partial charge < -0.3 is 18.8 Å². The van der Waals surface area contributed by atoms with E-state index in [9.17, 15) is 9.18 Å². The molecule has 0 aliphatic rings. The third-order valence-corrected chi connectivity index (χ3v) is 4.01. The molecule has 27 heavy (non-hydrogen) atoms. The molecule has 3 aromatic rings. The number of rotatable bonds is 7. The van der Waals surface area contributed by atoms with Gasteiger partial charge in [0.05, 0.1) is 7.11 Å². The van der Waals surface area contributed by atoms with Gasteiger partial charge in [-0.25, -0.2) is 4.39 Å². The third-order valence-electron chi connectivity index (χ3n) is 4.01. The largest absolute Gasteiger partial charge is 0.493 e. The quantitative estimate of drug-likeness (QED) is 0.607. The van der Waals surface area contributed by atoms with Gasteiger partial charge in [-0.15, -0.1) is 0 Å². The number of hydrogen-bond acceptors (Lipinski definition) is 4. The molecule has 5 nitrogen and oxygen atoms in total. The molecule has 0 fully saturated rings. The first kappa shape index (κ1) is 18.5. The monoisotopic (exact) mass is 369 g/mol. The van der Waals surface area contributed by atoms with Crippen LogP contribution < -0.4 is 14.4 Å². The SMILES string of the molecule is CCN(C(=O)c1ccc(COc2ccccc2OC)o1)c1ccc(F)cc1. The summed E-state index contributed by atoms with van der Waals surface area (Å²) in [6.07, 6.45) is 0. The summed E-state index contributed by atoms with van der Waals surface area (Å²) in [7, 11) is 1.57. The predicted molar refractivity (Wildman–Crippen MR) is 99.8 cm³/mol. The maximum absolute atomic E-state index is 13.1. The van der Waals surface area contributed by atoms with Crippen LogP contribution in [0.25, 0.3) is 0 Å². The van der Waals surface area contributed by atoms with E-state index in [1.165, 1.54) is 17.0 Å². The van der Waals surface area contributed by atoms with Crippen molar-refractivity contribution in [3.05, 3.63) is 78.0 Å². The molecule has 2 aromatic carbocycles. The molecule has 6 heteroatoms. The molecule has 0 N–H and O–H groups in total. The lowest BCUT2D eigenvalue weighted by atomic mass is 10.2. The highest BCUT2D eigenvalue weighted by atomic mass is 19.1. The zero-order valence-electron chi connectivity index (χ0n) is 15.1. The normalized spacial score (nSPS) is 10.5. The maximum Gasteiger partial charge on any atom is 0.293 e. The zero-order valence-corrected chi connectivity index (χ0v) is 15.1. The lowest BCUT2D eigenvalue weighted by molar-refractivity contribution is 0.0957. The Labute approximate surface area is 156 Å².